The molecule has 0 aliphatic carbocycles. The summed E-state index contributed by atoms with van der Waals surface area (Å²) in [4.78, 5) is 30.5. The number of carbonyl (C=O) groups excluding carboxylic acids is 2. The van der Waals surface area contributed by atoms with Crippen LogP contribution < -0.4 is 0 Å². The van der Waals surface area contributed by atoms with Gasteiger partial charge < -0.3 is 14.5 Å². The van der Waals surface area contributed by atoms with E-state index in [0.29, 0.717) is 32.8 Å². The first-order chi connectivity index (χ1) is 13.1. The summed E-state index contributed by atoms with van der Waals surface area (Å²) >= 11 is 6.25. The predicted octanol–water partition coefficient (Wildman–Crippen LogP) is 2.85. The largest absolute Gasteiger partial charge is 0.450 e. The minimum atomic E-state index is -0.280. The number of piperazine rings is 1. The number of benzene rings is 1. The first-order valence-corrected chi connectivity index (χ1v) is 10.1. The first kappa shape index (κ1) is 20.0. The van der Waals surface area contributed by atoms with E-state index in [1.165, 1.54) is 0 Å². The number of rotatable bonds is 4. The van der Waals surface area contributed by atoms with Crippen LogP contribution >= 0.6 is 11.6 Å². The predicted molar refractivity (Wildman–Crippen MR) is 105 cm³/mol. The monoisotopic (exact) mass is 393 g/mol. The van der Waals surface area contributed by atoms with E-state index in [9.17, 15) is 9.59 Å². The number of hydrogen-bond acceptors (Lipinski definition) is 4. The van der Waals surface area contributed by atoms with Crippen LogP contribution in [0.25, 0.3) is 0 Å². The third-order valence-corrected chi connectivity index (χ3v) is 5.77. The number of ether oxygens (including phenoxy) is 1. The summed E-state index contributed by atoms with van der Waals surface area (Å²) in [6.45, 7) is 7.12. The maximum atomic E-state index is 12.8. The average Bonchev–Trinajstić information content (AvgIpc) is 2.70. The second-order valence-electron chi connectivity index (χ2n) is 7.15. The van der Waals surface area contributed by atoms with E-state index in [1.807, 2.05) is 23.1 Å². The molecule has 3 rings (SSSR count). The number of carbonyl (C=O) groups is 2. The highest BCUT2D eigenvalue weighted by Gasteiger charge is 2.31. The van der Waals surface area contributed by atoms with E-state index in [2.05, 4.69) is 11.0 Å². The van der Waals surface area contributed by atoms with Gasteiger partial charge in [-0.1, -0.05) is 29.8 Å². The van der Waals surface area contributed by atoms with Crippen molar-refractivity contribution < 1.29 is 14.3 Å². The summed E-state index contributed by atoms with van der Waals surface area (Å²) in [5.74, 6) is 0.317. The fraction of sp³-hybridized carbons (Fsp3) is 0.600. The van der Waals surface area contributed by atoms with Crippen molar-refractivity contribution in [3.8, 4) is 0 Å². The molecule has 1 aromatic carbocycles. The Balaban J connectivity index is 1.44. The van der Waals surface area contributed by atoms with Crippen molar-refractivity contribution in [3.63, 3.8) is 0 Å². The number of likely N-dealkylation sites (tertiary alicyclic amines) is 1. The van der Waals surface area contributed by atoms with E-state index in [1.54, 1.807) is 11.8 Å². The number of amides is 2. The maximum Gasteiger partial charge on any atom is 0.409 e. The Hall–Kier alpha value is -1.79. The molecule has 2 heterocycles. The Bertz CT molecular complexity index is 654. The van der Waals surface area contributed by atoms with Crippen LogP contribution in [0.4, 0.5) is 4.79 Å². The third-order valence-electron chi connectivity index (χ3n) is 5.41. The first-order valence-electron chi connectivity index (χ1n) is 9.74. The Morgan fingerprint density at radius 1 is 1.04 bits per heavy atom. The summed E-state index contributed by atoms with van der Waals surface area (Å²) in [6.07, 6.45) is 1.47. The van der Waals surface area contributed by atoms with Gasteiger partial charge in [-0.05, 0) is 44.5 Å². The minimum absolute atomic E-state index is 0.0849. The summed E-state index contributed by atoms with van der Waals surface area (Å²) in [6, 6.07) is 7.93. The van der Waals surface area contributed by atoms with Crippen molar-refractivity contribution in [2.45, 2.75) is 26.3 Å². The quantitative estimate of drug-likeness (QED) is 0.789. The molecule has 27 heavy (non-hydrogen) atoms. The molecule has 6 nitrogen and oxygen atoms in total. The van der Waals surface area contributed by atoms with Gasteiger partial charge in [0.1, 0.15) is 0 Å². The van der Waals surface area contributed by atoms with Gasteiger partial charge in [-0.15, -0.1) is 0 Å². The zero-order chi connectivity index (χ0) is 19.2. The maximum absolute atomic E-state index is 12.8. The van der Waals surface area contributed by atoms with Crippen molar-refractivity contribution >= 4 is 23.6 Å². The zero-order valence-electron chi connectivity index (χ0n) is 15.9. The Morgan fingerprint density at radius 2 is 1.67 bits per heavy atom. The Morgan fingerprint density at radius 3 is 2.30 bits per heavy atom. The lowest BCUT2D eigenvalue weighted by Crippen LogP contribution is -2.53. The molecule has 2 amide bonds. The van der Waals surface area contributed by atoms with Crippen LogP contribution in [-0.2, 0) is 16.1 Å². The molecular weight excluding hydrogens is 366 g/mol. The molecule has 0 spiro atoms. The molecule has 0 bridgehead atoms. The van der Waals surface area contributed by atoms with Gasteiger partial charge in [0.05, 0.1) is 6.61 Å². The molecule has 2 aliphatic rings. The second kappa shape index (κ2) is 9.42. The van der Waals surface area contributed by atoms with Crippen LogP contribution in [-0.4, -0.2) is 72.6 Å². The van der Waals surface area contributed by atoms with Crippen LogP contribution in [0.3, 0.4) is 0 Å². The highest BCUT2D eigenvalue weighted by atomic mass is 35.5. The van der Waals surface area contributed by atoms with Gasteiger partial charge in [0.15, 0.2) is 0 Å². The molecule has 0 unspecified atom stereocenters. The van der Waals surface area contributed by atoms with Crippen LogP contribution in [0.5, 0.6) is 0 Å². The van der Waals surface area contributed by atoms with Crippen molar-refractivity contribution in [2.24, 2.45) is 5.92 Å². The van der Waals surface area contributed by atoms with Crippen molar-refractivity contribution in [1.29, 1.82) is 0 Å². The summed E-state index contributed by atoms with van der Waals surface area (Å²) in [7, 11) is 0. The highest BCUT2D eigenvalue weighted by Crippen LogP contribution is 2.24. The second-order valence-corrected chi connectivity index (χ2v) is 7.56. The van der Waals surface area contributed by atoms with Gasteiger partial charge in [-0.2, -0.15) is 0 Å². The summed E-state index contributed by atoms with van der Waals surface area (Å²) in [5.41, 5.74) is 1.14. The molecule has 148 valence electrons. The van der Waals surface area contributed by atoms with Gasteiger partial charge in [-0.3, -0.25) is 9.69 Å². The molecule has 0 aromatic heterocycles. The van der Waals surface area contributed by atoms with E-state index in [4.69, 9.17) is 16.3 Å². The molecule has 2 aliphatic heterocycles. The molecule has 0 atom stereocenters. The van der Waals surface area contributed by atoms with Gasteiger partial charge in [0.2, 0.25) is 5.91 Å². The molecule has 2 saturated heterocycles. The van der Waals surface area contributed by atoms with Crippen LogP contribution in [0.1, 0.15) is 25.3 Å². The van der Waals surface area contributed by atoms with Crippen molar-refractivity contribution in [2.75, 3.05) is 45.9 Å². The Labute approximate surface area is 166 Å². The van der Waals surface area contributed by atoms with Crippen LogP contribution in [0.15, 0.2) is 24.3 Å². The molecule has 1 aromatic rings. The van der Waals surface area contributed by atoms with Gasteiger partial charge in [0.25, 0.3) is 0 Å². The van der Waals surface area contributed by atoms with Crippen molar-refractivity contribution in [1.82, 2.24) is 14.7 Å². The number of piperidine rings is 1. The summed E-state index contributed by atoms with van der Waals surface area (Å²) < 4.78 is 5.03. The SMILES string of the molecule is CCOC(=O)N1CCN(C(=O)C2CCN(Cc3ccccc3Cl)CC2)CC1. The van der Waals surface area contributed by atoms with Gasteiger partial charge in [0, 0.05) is 43.7 Å². The fourth-order valence-electron chi connectivity index (χ4n) is 3.79. The lowest BCUT2D eigenvalue weighted by molar-refractivity contribution is -0.138. The summed E-state index contributed by atoms with van der Waals surface area (Å²) in [5, 5.41) is 0.801. The Kier molecular flexibility index (Phi) is 6.96. The highest BCUT2D eigenvalue weighted by molar-refractivity contribution is 6.31. The number of hydrogen-bond donors (Lipinski definition) is 0. The topological polar surface area (TPSA) is 53.1 Å². The lowest BCUT2D eigenvalue weighted by Gasteiger charge is -2.38. The number of halogens is 1. The zero-order valence-corrected chi connectivity index (χ0v) is 16.7. The van der Waals surface area contributed by atoms with E-state index >= 15 is 0 Å². The molecule has 0 radical (unpaired) electrons. The van der Waals surface area contributed by atoms with E-state index < -0.39 is 0 Å². The standard InChI is InChI=1S/C20H28ClN3O3/c1-2-27-20(26)24-13-11-23(12-14-24)19(25)16-7-9-22(10-8-16)15-17-5-3-4-6-18(17)21/h3-6,16H,2,7-15H2,1H3. The smallest absolute Gasteiger partial charge is 0.409 e. The fourth-order valence-corrected chi connectivity index (χ4v) is 3.98. The minimum Gasteiger partial charge on any atom is -0.450 e. The van der Waals surface area contributed by atoms with Crippen LogP contribution in [0.2, 0.25) is 5.02 Å². The molecule has 0 N–H and O–H groups in total. The molecular formula is C20H28ClN3O3. The molecule has 7 heteroatoms. The van der Waals surface area contributed by atoms with Crippen LogP contribution in [0, 0.1) is 5.92 Å². The van der Waals surface area contributed by atoms with E-state index in [-0.39, 0.29) is 17.9 Å². The van der Waals surface area contributed by atoms with Crippen molar-refractivity contribution in [3.05, 3.63) is 34.9 Å². The van der Waals surface area contributed by atoms with E-state index in [0.717, 1.165) is 43.1 Å². The lowest BCUT2D eigenvalue weighted by atomic mass is 9.94. The third kappa shape index (κ3) is 5.14. The van der Waals surface area contributed by atoms with Gasteiger partial charge in [-0.25, -0.2) is 4.79 Å². The average molecular weight is 394 g/mol. The molecule has 2 fully saturated rings. The normalized spacial score (nSPS) is 19.2. The number of nitrogens with zero attached hydrogens (tertiary/aromatic N) is 3. The molecule has 0 saturated carbocycles. The van der Waals surface area contributed by atoms with Gasteiger partial charge >= 0.3 is 6.09 Å².